The highest BCUT2D eigenvalue weighted by atomic mass is 16.2. The number of rotatable bonds is 22. The molecule has 62 heavy (non-hydrogen) atoms. The van der Waals surface area contributed by atoms with E-state index in [9.17, 15) is 19.2 Å². The third-order valence-corrected chi connectivity index (χ3v) is 14.2. The number of nitrogens with zero attached hydrogens (tertiary/aromatic N) is 4. The van der Waals surface area contributed by atoms with E-state index in [1.165, 1.54) is 71.6 Å². The van der Waals surface area contributed by atoms with Crippen LogP contribution in [0.2, 0.25) is 0 Å². The lowest BCUT2D eigenvalue weighted by Gasteiger charge is -2.26. The molecule has 9 rings (SSSR count). The van der Waals surface area contributed by atoms with E-state index in [2.05, 4.69) is 60.0 Å². The van der Waals surface area contributed by atoms with Crippen LogP contribution in [0.15, 0.2) is 55.6 Å². The van der Waals surface area contributed by atoms with Gasteiger partial charge in [-0.1, -0.05) is 90.2 Å². The smallest absolute Gasteiger partial charge is 0.261 e. The average Bonchev–Trinajstić information content (AvgIpc) is 3.25. The third kappa shape index (κ3) is 7.06. The Morgan fingerprint density at radius 2 is 0.726 bits per heavy atom. The van der Waals surface area contributed by atoms with Gasteiger partial charge in [0, 0.05) is 56.2 Å². The van der Waals surface area contributed by atoms with Crippen LogP contribution in [0.1, 0.15) is 115 Å². The van der Waals surface area contributed by atoms with Crippen LogP contribution < -0.4 is 22.2 Å². The fraction of sp³-hybridized carbons (Fsp3) is 0.481. The topological polar surface area (TPSA) is 84.6 Å². The van der Waals surface area contributed by atoms with Crippen LogP contribution in [0.3, 0.4) is 0 Å². The molecule has 324 valence electrons. The number of aryl methyl sites for hydroxylation is 2. The van der Waals surface area contributed by atoms with Crippen LogP contribution in [0.4, 0.5) is 0 Å². The van der Waals surface area contributed by atoms with Gasteiger partial charge in [0.2, 0.25) is 0 Å². The number of unbranched alkanes of at least 4 members (excludes halogenated alkanes) is 10. The Hall–Kier alpha value is -4.92. The molecule has 2 aromatic heterocycles. The second kappa shape index (κ2) is 17.3. The molecule has 0 amide bonds. The zero-order chi connectivity index (χ0) is 43.4. The van der Waals surface area contributed by atoms with Crippen molar-refractivity contribution in [3.05, 3.63) is 88.9 Å². The monoisotopic (exact) mass is 832 g/mol. The van der Waals surface area contributed by atoms with Gasteiger partial charge in [-0.3, -0.25) is 28.3 Å². The number of hydrogen-bond acceptors (Lipinski definition) is 6. The first-order valence-corrected chi connectivity index (χ1v) is 23.9. The van der Waals surface area contributed by atoms with Crippen LogP contribution in [0.5, 0.6) is 0 Å². The predicted molar refractivity (Wildman–Crippen MR) is 264 cm³/mol. The van der Waals surface area contributed by atoms with Crippen molar-refractivity contribution in [2.24, 2.45) is 0 Å². The fourth-order valence-corrected chi connectivity index (χ4v) is 11.2. The molecule has 8 heteroatoms. The number of pyridine rings is 2. The van der Waals surface area contributed by atoms with E-state index in [-0.39, 0.29) is 22.2 Å². The van der Waals surface area contributed by atoms with Gasteiger partial charge >= 0.3 is 0 Å². The number of benzene rings is 7. The predicted octanol–water partition coefficient (Wildman–Crippen LogP) is 10.9. The van der Waals surface area contributed by atoms with Gasteiger partial charge in [0.25, 0.3) is 22.2 Å². The molecule has 0 saturated carbocycles. The lowest BCUT2D eigenvalue weighted by atomic mass is 9.77. The maximum atomic E-state index is 14.8. The first-order valence-electron chi connectivity index (χ1n) is 23.9. The fourth-order valence-electron chi connectivity index (χ4n) is 11.2. The summed E-state index contributed by atoms with van der Waals surface area (Å²) in [6.07, 6.45) is 17.1. The molecule has 0 bridgehead atoms. The zero-order valence-corrected chi connectivity index (χ0v) is 38.0. The molecular formula is C54H64N4O4. The largest absolute Gasteiger partial charge is 0.309 e. The Morgan fingerprint density at radius 3 is 1.10 bits per heavy atom. The molecule has 0 unspecified atom stereocenters. The molecule has 7 aromatic carbocycles. The average molecular weight is 833 g/mol. The maximum Gasteiger partial charge on any atom is 0.261 e. The van der Waals surface area contributed by atoms with Crippen molar-refractivity contribution in [1.29, 1.82) is 0 Å². The molecule has 0 aliphatic rings. The highest BCUT2D eigenvalue weighted by molar-refractivity contribution is 6.50. The molecule has 0 aliphatic carbocycles. The molecule has 0 aliphatic heterocycles. The van der Waals surface area contributed by atoms with Gasteiger partial charge in [-0.05, 0) is 158 Å². The molecule has 2 heterocycles. The summed E-state index contributed by atoms with van der Waals surface area (Å²) in [6, 6.07) is 12.9. The lowest BCUT2D eigenvalue weighted by Crippen LogP contribution is -2.34. The van der Waals surface area contributed by atoms with Crippen molar-refractivity contribution in [3.63, 3.8) is 0 Å². The Kier molecular flexibility index (Phi) is 11.8. The minimum Gasteiger partial charge on any atom is -0.309 e. The Morgan fingerprint density at radius 1 is 0.371 bits per heavy atom. The van der Waals surface area contributed by atoms with Crippen LogP contribution >= 0.6 is 0 Å². The van der Waals surface area contributed by atoms with Crippen molar-refractivity contribution < 1.29 is 0 Å². The Balaban J connectivity index is 1.40. The molecule has 8 nitrogen and oxygen atoms in total. The third-order valence-electron chi connectivity index (χ3n) is 14.2. The summed E-state index contributed by atoms with van der Waals surface area (Å²) in [5.74, 6) is 0. The van der Waals surface area contributed by atoms with Crippen molar-refractivity contribution in [2.75, 3.05) is 41.3 Å². The van der Waals surface area contributed by atoms with Gasteiger partial charge in [-0.2, -0.15) is 0 Å². The van der Waals surface area contributed by atoms with Crippen LogP contribution in [0.25, 0.3) is 86.2 Å². The van der Waals surface area contributed by atoms with Gasteiger partial charge in [-0.25, -0.2) is 0 Å². The van der Waals surface area contributed by atoms with Gasteiger partial charge in [0.1, 0.15) is 0 Å². The highest BCUT2D eigenvalue weighted by Gasteiger charge is 2.30. The summed E-state index contributed by atoms with van der Waals surface area (Å²) in [4.78, 5) is 63.2. The van der Waals surface area contributed by atoms with Crippen molar-refractivity contribution in [2.45, 2.75) is 130 Å². The molecule has 0 radical (unpaired) electrons. The lowest BCUT2D eigenvalue weighted by molar-refractivity contribution is 0.384. The summed E-state index contributed by atoms with van der Waals surface area (Å²) in [7, 11) is 8.07. The summed E-state index contributed by atoms with van der Waals surface area (Å²) >= 11 is 0. The van der Waals surface area contributed by atoms with Crippen LogP contribution in [-0.2, 0) is 25.9 Å². The summed E-state index contributed by atoms with van der Waals surface area (Å²) < 4.78 is 2.99. The minimum atomic E-state index is -0.221. The standard InChI is InChI=1S/C54H64N4O4/c1-7-9-11-13-15-17-21-33-27-35-29-39-46-42(54(62)58(51(39)59)26-20-24-56(5)6)32-38-34(22-18-16-14-12-10-8-2)28-36-30-40-45-41(53(61)57(52(40)60)25-19-23-55(3)4)31-37(33)47-43(35)50(46)48(38)44(36)49(45)47/h27-32H,7-26H2,1-6H3. The zero-order valence-electron chi connectivity index (χ0n) is 38.0. The van der Waals surface area contributed by atoms with Crippen molar-refractivity contribution >= 4 is 86.2 Å². The Labute approximate surface area is 363 Å². The SMILES string of the molecule is CCCCCCCCc1cc2cc3c(=O)n(CCCN(C)C)c(=O)c4cc5c(CCCCCCCC)cc6cc7c(=O)n(CCCN(C)C)c(=O)c8cc1c1c2c(c34)c5c6c1c78. The molecule has 0 fully saturated rings. The van der Waals surface area contributed by atoms with E-state index in [4.69, 9.17) is 0 Å². The molecular weight excluding hydrogens is 769 g/mol. The first kappa shape index (κ1) is 42.4. The molecule has 0 spiro atoms. The maximum absolute atomic E-state index is 14.8. The van der Waals surface area contributed by atoms with Gasteiger partial charge in [-0.15, -0.1) is 0 Å². The quantitative estimate of drug-likeness (QED) is 0.0384. The molecule has 0 N–H and O–H groups in total. The van der Waals surface area contributed by atoms with E-state index in [0.717, 1.165) is 116 Å². The second-order valence-electron chi connectivity index (χ2n) is 19.2. The number of aromatic nitrogens is 2. The van der Waals surface area contributed by atoms with E-state index >= 15 is 0 Å². The summed E-state index contributed by atoms with van der Waals surface area (Å²) in [5.41, 5.74) is 1.47. The van der Waals surface area contributed by atoms with Gasteiger partial charge in [0.15, 0.2) is 0 Å². The highest BCUT2D eigenvalue weighted by Crippen LogP contribution is 2.52. The molecule has 0 saturated heterocycles. The normalized spacial score (nSPS) is 12.9. The van der Waals surface area contributed by atoms with Gasteiger partial charge in [0.05, 0.1) is 0 Å². The molecule has 0 atom stereocenters. The minimum absolute atomic E-state index is 0.217. The summed E-state index contributed by atoms with van der Waals surface area (Å²) in [5, 5.41) is 14.2. The van der Waals surface area contributed by atoms with Gasteiger partial charge < -0.3 is 9.80 Å². The molecule has 9 aromatic rings. The van der Waals surface area contributed by atoms with Crippen molar-refractivity contribution in [3.8, 4) is 0 Å². The number of hydrogen-bond donors (Lipinski definition) is 0. The van der Waals surface area contributed by atoms with E-state index in [1.807, 2.05) is 28.2 Å². The van der Waals surface area contributed by atoms with Crippen molar-refractivity contribution in [1.82, 2.24) is 18.9 Å². The van der Waals surface area contributed by atoms with E-state index < -0.39 is 0 Å². The van der Waals surface area contributed by atoms with E-state index in [0.29, 0.717) is 47.5 Å². The summed E-state index contributed by atoms with van der Waals surface area (Å²) in [6.45, 7) is 6.77. The van der Waals surface area contributed by atoms with Crippen LogP contribution in [0, 0.1) is 0 Å². The second-order valence-corrected chi connectivity index (χ2v) is 19.2. The van der Waals surface area contributed by atoms with E-state index in [1.54, 1.807) is 0 Å². The Bertz CT molecular complexity index is 3050. The first-order chi connectivity index (χ1) is 30.0. The van der Waals surface area contributed by atoms with Crippen LogP contribution in [-0.4, -0.2) is 60.2 Å².